The Kier molecular flexibility index (Phi) is 15.2. The topological polar surface area (TPSA) is 198 Å². The number of aromatic nitrogens is 3. The van der Waals surface area contributed by atoms with Gasteiger partial charge in [0.2, 0.25) is 6.79 Å². The number of aliphatic carboxylic acids is 1. The lowest BCUT2D eigenvalue weighted by molar-refractivity contribution is -0.160. The monoisotopic (exact) mass is 774 g/mol. The van der Waals surface area contributed by atoms with Crippen molar-refractivity contribution in [3.8, 4) is 6.07 Å². The van der Waals surface area contributed by atoms with E-state index in [1.807, 2.05) is 6.07 Å². The van der Waals surface area contributed by atoms with Gasteiger partial charge in [0.1, 0.15) is 30.1 Å². The molecule has 0 saturated carbocycles. The maximum atomic E-state index is 15.6. The van der Waals surface area contributed by atoms with Gasteiger partial charge in [-0.05, 0) is 37.3 Å². The van der Waals surface area contributed by atoms with Crippen molar-refractivity contribution in [3.63, 3.8) is 0 Å². The molecule has 0 radical (unpaired) electrons. The third-order valence-corrected chi connectivity index (χ3v) is 8.98. The number of carboxylic acids is 1. The predicted octanol–water partition coefficient (Wildman–Crippen LogP) is 4.66. The molecule has 2 atom stereocenters. The van der Waals surface area contributed by atoms with Crippen LogP contribution in [0.5, 0.6) is 0 Å². The smallest absolute Gasteiger partial charge is 0.479 e. The van der Waals surface area contributed by atoms with E-state index in [0.29, 0.717) is 6.07 Å². The maximum Gasteiger partial charge on any atom is 0.512 e. The molecule has 1 saturated heterocycles. The molecule has 286 valence electrons. The van der Waals surface area contributed by atoms with Crippen molar-refractivity contribution in [2.45, 2.75) is 48.7 Å². The quantitative estimate of drug-likeness (QED) is 0.0859. The summed E-state index contributed by atoms with van der Waals surface area (Å²) < 4.78 is 76.7. The second-order valence-electron chi connectivity index (χ2n) is 11.3. The molecule has 1 fully saturated rings. The van der Waals surface area contributed by atoms with Crippen molar-refractivity contribution in [1.29, 1.82) is 5.26 Å². The zero-order valence-corrected chi connectivity index (χ0v) is 29.3. The van der Waals surface area contributed by atoms with Crippen LogP contribution >= 0.6 is 11.8 Å². The zero-order valence-electron chi connectivity index (χ0n) is 28.5. The molecule has 0 aliphatic carbocycles. The van der Waals surface area contributed by atoms with Crippen LogP contribution in [0, 0.1) is 28.8 Å². The molecule has 54 heavy (non-hydrogen) atoms. The van der Waals surface area contributed by atoms with Gasteiger partial charge in [0.15, 0.2) is 18.5 Å². The summed E-state index contributed by atoms with van der Waals surface area (Å²) in [5.41, 5.74) is -1.71. The standard InChI is InChI=1S/C35H33F3N4O11S/c1-22(54-26-15-49-33(50-16-26)5-3-2-4-24-7-6-23(14-39)12-28(24)37)35(18-42-20-40-19-41-42,27-9-8-25(36)13-29(27)38)53-34(47)52-21-51-32(46)11-10-31(45)48-17-30(43)44/h2-9,12-13,19-20,22,26,33H,10-11,15-18,21H2,1H3,(H,43,44)/b4-2+,5-3+. The summed E-state index contributed by atoms with van der Waals surface area (Å²) in [6, 6.07) is 8.69. The number of carboxylic acid groups (broad SMARTS) is 1. The van der Waals surface area contributed by atoms with Crippen LogP contribution in [0.25, 0.3) is 6.08 Å². The van der Waals surface area contributed by atoms with Gasteiger partial charge in [0, 0.05) is 22.4 Å². The van der Waals surface area contributed by atoms with E-state index in [2.05, 4.69) is 14.8 Å². The zero-order chi connectivity index (χ0) is 39.1. The Bertz CT molecular complexity index is 1880. The number of halogens is 3. The number of nitrogens with zero attached hydrogens (tertiary/aromatic N) is 4. The molecule has 19 heteroatoms. The number of esters is 2. The molecule has 1 aliphatic rings. The third kappa shape index (κ3) is 12.2. The molecule has 2 aromatic carbocycles. The largest absolute Gasteiger partial charge is 0.512 e. The summed E-state index contributed by atoms with van der Waals surface area (Å²) >= 11 is 1.20. The van der Waals surface area contributed by atoms with E-state index in [1.165, 1.54) is 47.3 Å². The van der Waals surface area contributed by atoms with Crippen LogP contribution in [0.4, 0.5) is 18.0 Å². The number of rotatable bonds is 17. The Morgan fingerprint density at radius 1 is 1.06 bits per heavy atom. The summed E-state index contributed by atoms with van der Waals surface area (Å²) in [7, 11) is 0. The molecule has 1 aromatic heterocycles. The van der Waals surface area contributed by atoms with Crippen LogP contribution in [-0.4, -0.2) is 87.3 Å². The molecule has 2 heterocycles. The lowest BCUT2D eigenvalue weighted by atomic mass is 9.89. The van der Waals surface area contributed by atoms with Gasteiger partial charge in [-0.2, -0.15) is 10.4 Å². The molecule has 0 spiro atoms. The van der Waals surface area contributed by atoms with E-state index in [0.717, 1.165) is 18.2 Å². The Morgan fingerprint density at radius 3 is 2.44 bits per heavy atom. The van der Waals surface area contributed by atoms with Crippen LogP contribution in [0.3, 0.4) is 0 Å². The van der Waals surface area contributed by atoms with E-state index < -0.39 is 90.1 Å². The third-order valence-electron chi connectivity index (χ3n) is 7.53. The number of hydrogen-bond donors (Lipinski definition) is 1. The molecule has 0 amide bonds. The minimum absolute atomic E-state index is 0.132. The number of allylic oxidation sites excluding steroid dienone is 2. The Morgan fingerprint density at radius 2 is 1.80 bits per heavy atom. The van der Waals surface area contributed by atoms with Crippen molar-refractivity contribution < 1.29 is 65.9 Å². The van der Waals surface area contributed by atoms with Crippen LogP contribution in [0.15, 0.2) is 67.3 Å². The molecule has 4 rings (SSSR count). The second kappa shape index (κ2) is 19.9. The fraction of sp³-hybridized carbons (Fsp3) is 0.343. The summed E-state index contributed by atoms with van der Waals surface area (Å²) in [5.74, 6) is -5.82. The average molecular weight is 775 g/mol. The minimum Gasteiger partial charge on any atom is -0.479 e. The molecule has 0 bridgehead atoms. The fourth-order valence-electron chi connectivity index (χ4n) is 4.94. The van der Waals surface area contributed by atoms with Gasteiger partial charge in [-0.25, -0.2) is 32.4 Å². The highest BCUT2D eigenvalue weighted by molar-refractivity contribution is 8.00. The lowest BCUT2D eigenvalue weighted by Crippen LogP contribution is -2.47. The second-order valence-corrected chi connectivity index (χ2v) is 13.0. The van der Waals surface area contributed by atoms with Crippen molar-refractivity contribution in [3.05, 3.63) is 101 Å². The molecule has 1 N–H and O–H groups in total. The van der Waals surface area contributed by atoms with E-state index in [1.54, 1.807) is 25.2 Å². The van der Waals surface area contributed by atoms with Gasteiger partial charge >= 0.3 is 24.1 Å². The number of carbonyl (C=O) groups excluding carboxylic acids is 3. The molecule has 2 unspecified atom stereocenters. The number of hydrogen-bond acceptors (Lipinski definition) is 14. The van der Waals surface area contributed by atoms with Gasteiger partial charge in [-0.3, -0.25) is 9.59 Å². The van der Waals surface area contributed by atoms with Gasteiger partial charge in [0.05, 0.1) is 49.5 Å². The summed E-state index contributed by atoms with van der Waals surface area (Å²) in [6.07, 6.45) is 5.60. The Labute approximate surface area is 310 Å². The molecule has 1 aliphatic heterocycles. The van der Waals surface area contributed by atoms with Crippen LogP contribution in [0.1, 0.15) is 36.5 Å². The Balaban J connectivity index is 1.42. The average Bonchev–Trinajstić information content (AvgIpc) is 3.65. The van der Waals surface area contributed by atoms with Crippen molar-refractivity contribution in [2.24, 2.45) is 0 Å². The predicted molar refractivity (Wildman–Crippen MR) is 180 cm³/mol. The molecule has 3 aromatic rings. The van der Waals surface area contributed by atoms with Gasteiger partial charge in [-0.15, -0.1) is 11.8 Å². The highest BCUT2D eigenvalue weighted by Crippen LogP contribution is 2.42. The fourth-order valence-corrected chi connectivity index (χ4v) is 6.30. The first-order valence-electron chi connectivity index (χ1n) is 16.0. The number of ether oxygens (including phenoxy) is 6. The number of benzene rings is 2. The van der Waals surface area contributed by atoms with Gasteiger partial charge in [0.25, 0.3) is 0 Å². The van der Waals surface area contributed by atoms with E-state index in [4.69, 9.17) is 34.1 Å². The van der Waals surface area contributed by atoms with Gasteiger partial charge < -0.3 is 33.5 Å². The summed E-state index contributed by atoms with van der Waals surface area (Å²) in [5, 5.41) is 20.3. The van der Waals surface area contributed by atoms with Gasteiger partial charge in [-0.1, -0.05) is 24.3 Å². The van der Waals surface area contributed by atoms with Crippen LogP contribution in [0.2, 0.25) is 0 Å². The van der Waals surface area contributed by atoms with Crippen LogP contribution in [-0.2, 0) is 55.0 Å². The first kappa shape index (κ1) is 41.1. The van der Waals surface area contributed by atoms with E-state index in [9.17, 15) is 28.0 Å². The van der Waals surface area contributed by atoms with E-state index in [-0.39, 0.29) is 36.4 Å². The van der Waals surface area contributed by atoms with Crippen LogP contribution < -0.4 is 0 Å². The maximum absolute atomic E-state index is 15.6. The summed E-state index contributed by atoms with van der Waals surface area (Å²) in [4.78, 5) is 51.1. The first-order chi connectivity index (χ1) is 25.9. The highest BCUT2D eigenvalue weighted by atomic mass is 32.2. The number of nitriles is 1. The number of carbonyl (C=O) groups is 4. The van der Waals surface area contributed by atoms with Crippen molar-refractivity contribution in [1.82, 2.24) is 14.8 Å². The minimum atomic E-state index is -1.95. The normalized spacial score (nSPS) is 17.3. The molecule has 15 nitrogen and oxygen atoms in total. The van der Waals surface area contributed by atoms with Crippen molar-refractivity contribution >= 4 is 41.9 Å². The van der Waals surface area contributed by atoms with Crippen molar-refractivity contribution in [2.75, 3.05) is 26.6 Å². The SMILES string of the molecule is CC(SC1COC(/C=C/C=C/c2ccc(C#N)cc2F)OC1)C(Cn1cncn1)(OC(=O)OCOC(=O)CCC(=O)OCC(=O)O)c1ccc(F)cc1F. The number of thioether (sulfide) groups is 1. The highest BCUT2D eigenvalue weighted by Gasteiger charge is 2.47. The summed E-state index contributed by atoms with van der Waals surface area (Å²) in [6.45, 7) is -0.288. The van der Waals surface area contributed by atoms with E-state index >= 15 is 4.39 Å². The molecular formula is C35H33F3N4O11S. The lowest BCUT2D eigenvalue weighted by Gasteiger charge is -2.40. The molecular weight excluding hydrogens is 741 g/mol. The first-order valence-corrected chi connectivity index (χ1v) is 16.9. The Hall–Kier alpha value is -5.71.